The first-order valence-corrected chi connectivity index (χ1v) is 5.82. The number of halogens is 2. The topological polar surface area (TPSA) is 35.2 Å². The molecular formula is C12H15ClFNO. The number of hydrogen-bond acceptors (Lipinski definition) is 2. The van der Waals surface area contributed by atoms with E-state index in [1.807, 2.05) is 0 Å². The monoisotopic (exact) mass is 243 g/mol. The average Bonchev–Trinajstić information content (AvgIpc) is 2.78. The molecule has 2 unspecified atom stereocenters. The Morgan fingerprint density at radius 2 is 2.38 bits per heavy atom. The van der Waals surface area contributed by atoms with E-state index < -0.39 is 0 Å². The second-order valence-electron chi connectivity index (χ2n) is 4.20. The van der Waals surface area contributed by atoms with Gasteiger partial charge >= 0.3 is 0 Å². The lowest BCUT2D eigenvalue weighted by Gasteiger charge is -2.18. The summed E-state index contributed by atoms with van der Waals surface area (Å²) in [5.74, 6) is -0.0167. The minimum absolute atomic E-state index is 0.0598. The van der Waals surface area contributed by atoms with Crippen LogP contribution in [0.5, 0.6) is 0 Å². The van der Waals surface area contributed by atoms with Crippen LogP contribution in [0.1, 0.15) is 12.0 Å². The third kappa shape index (κ3) is 2.54. The zero-order chi connectivity index (χ0) is 11.5. The highest BCUT2D eigenvalue weighted by atomic mass is 35.5. The Morgan fingerprint density at radius 3 is 3.06 bits per heavy atom. The van der Waals surface area contributed by atoms with Gasteiger partial charge in [-0.2, -0.15) is 0 Å². The van der Waals surface area contributed by atoms with Gasteiger partial charge in [-0.3, -0.25) is 0 Å². The quantitative estimate of drug-likeness (QED) is 0.885. The molecule has 2 rings (SSSR count). The van der Waals surface area contributed by atoms with E-state index in [2.05, 4.69) is 0 Å². The van der Waals surface area contributed by atoms with E-state index in [-0.39, 0.29) is 16.9 Å². The predicted molar refractivity (Wildman–Crippen MR) is 62.0 cm³/mol. The van der Waals surface area contributed by atoms with Gasteiger partial charge in [0.1, 0.15) is 5.82 Å². The van der Waals surface area contributed by atoms with Crippen molar-refractivity contribution in [1.82, 2.24) is 0 Å². The molecule has 1 heterocycles. The van der Waals surface area contributed by atoms with E-state index in [0.717, 1.165) is 13.0 Å². The maximum Gasteiger partial charge on any atom is 0.145 e. The second kappa shape index (κ2) is 5.13. The Morgan fingerprint density at radius 1 is 1.56 bits per heavy atom. The van der Waals surface area contributed by atoms with Crippen molar-refractivity contribution >= 4 is 11.6 Å². The fraction of sp³-hybridized carbons (Fsp3) is 0.500. The van der Waals surface area contributed by atoms with Crippen molar-refractivity contribution in [2.45, 2.75) is 18.9 Å². The highest BCUT2D eigenvalue weighted by Gasteiger charge is 2.23. The third-order valence-corrected chi connectivity index (χ3v) is 3.35. The molecule has 16 heavy (non-hydrogen) atoms. The molecule has 1 aromatic rings. The van der Waals surface area contributed by atoms with Gasteiger partial charge in [0.15, 0.2) is 0 Å². The summed E-state index contributed by atoms with van der Waals surface area (Å²) in [6, 6.07) is 4.97. The zero-order valence-electron chi connectivity index (χ0n) is 8.96. The van der Waals surface area contributed by atoms with Crippen molar-refractivity contribution in [2.24, 2.45) is 11.7 Å². The van der Waals surface area contributed by atoms with E-state index in [1.54, 1.807) is 18.2 Å². The summed E-state index contributed by atoms with van der Waals surface area (Å²) < 4.78 is 18.9. The molecule has 2 nitrogen and oxygen atoms in total. The lowest BCUT2D eigenvalue weighted by Crippen LogP contribution is -2.32. The summed E-state index contributed by atoms with van der Waals surface area (Å²) in [4.78, 5) is 0. The van der Waals surface area contributed by atoms with Crippen molar-refractivity contribution in [3.63, 3.8) is 0 Å². The lowest BCUT2D eigenvalue weighted by atomic mass is 9.93. The van der Waals surface area contributed by atoms with Crippen LogP contribution in [0.3, 0.4) is 0 Å². The molecule has 0 bridgehead atoms. The number of rotatable bonds is 3. The van der Waals surface area contributed by atoms with Gasteiger partial charge in [0.25, 0.3) is 0 Å². The molecule has 0 aromatic heterocycles. The first kappa shape index (κ1) is 11.8. The molecule has 2 N–H and O–H groups in total. The smallest absolute Gasteiger partial charge is 0.145 e. The molecule has 0 radical (unpaired) electrons. The minimum atomic E-state index is -0.349. The van der Waals surface area contributed by atoms with Gasteiger partial charge < -0.3 is 10.5 Å². The average molecular weight is 244 g/mol. The highest BCUT2D eigenvalue weighted by molar-refractivity contribution is 6.30. The van der Waals surface area contributed by atoms with Gasteiger partial charge in [-0.25, -0.2) is 4.39 Å². The molecule has 0 spiro atoms. The Hall–Kier alpha value is -0.640. The fourth-order valence-corrected chi connectivity index (χ4v) is 2.21. The van der Waals surface area contributed by atoms with Crippen LogP contribution in [-0.4, -0.2) is 19.3 Å². The molecule has 0 aliphatic carbocycles. The first-order chi connectivity index (χ1) is 7.68. The largest absolute Gasteiger partial charge is 0.381 e. The zero-order valence-corrected chi connectivity index (χ0v) is 9.71. The van der Waals surface area contributed by atoms with Crippen LogP contribution in [0.15, 0.2) is 18.2 Å². The minimum Gasteiger partial charge on any atom is -0.381 e. The number of ether oxygens (including phenoxy) is 1. The summed E-state index contributed by atoms with van der Waals surface area (Å²) in [6.45, 7) is 1.44. The van der Waals surface area contributed by atoms with Gasteiger partial charge in [0, 0.05) is 12.6 Å². The van der Waals surface area contributed by atoms with Crippen LogP contribution in [0.2, 0.25) is 5.02 Å². The Balaban J connectivity index is 2.05. The van der Waals surface area contributed by atoms with Crippen LogP contribution in [0.4, 0.5) is 4.39 Å². The van der Waals surface area contributed by atoms with Gasteiger partial charge in [-0.15, -0.1) is 0 Å². The number of benzene rings is 1. The van der Waals surface area contributed by atoms with E-state index in [1.165, 1.54) is 0 Å². The number of hydrogen-bond donors (Lipinski definition) is 1. The molecule has 1 saturated heterocycles. The van der Waals surface area contributed by atoms with Crippen molar-refractivity contribution < 1.29 is 9.13 Å². The standard InChI is InChI=1S/C12H15ClFNO/c13-10-3-1-2-8(12(10)14)6-11(15)9-4-5-16-7-9/h1-3,9,11H,4-7,15H2. The van der Waals surface area contributed by atoms with Crippen LogP contribution in [0.25, 0.3) is 0 Å². The van der Waals surface area contributed by atoms with E-state index in [9.17, 15) is 4.39 Å². The molecule has 88 valence electrons. The van der Waals surface area contributed by atoms with Crippen molar-refractivity contribution in [2.75, 3.05) is 13.2 Å². The Bertz CT molecular complexity index is 366. The molecule has 1 aromatic carbocycles. The molecule has 0 amide bonds. The van der Waals surface area contributed by atoms with E-state index in [4.69, 9.17) is 22.1 Å². The number of nitrogens with two attached hydrogens (primary N) is 1. The van der Waals surface area contributed by atoms with Gasteiger partial charge in [-0.05, 0) is 30.4 Å². The third-order valence-electron chi connectivity index (χ3n) is 3.06. The normalized spacial score (nSPS) is 22.3. The summed E-state index contributed by atoms with van der Waals surface area (Å²) in [5.41, 5.74) is 6.63. The van der Waals surface area contributed by atoms with Crippen LogP contribution < -0.4 is 5.73 Å². The van der Waals surface area contributed by atoms with Gasteiger partial charge in [-0.1, -0.05) is 23.7 Å². The van der Waals surface area contributed by atoms with Crippen LogP contribution in [0, 0.1) is 11.7 Å². The molecule has 0 saturated carbocycles. The van der Waals surface area contributed by atoms with Gasteiger partial charge in [0.2, 0.25) is 0 Å². The van der Waals surface area contributed by atoms with Crippen molar-refractivity contribution in [1.29, 1.82) is 0 Å². The highest BCUT2D eigenvalue weighted by Crippen LogP contribution is 2.22. The SMILES string of the molecule is NC(Cc1cccc(Cl)c1F)C1CCOC1. The summed E-state index contributed by atoms with van der Waals surface area (Å²) in [6.07, 6.45) is 1.48. The summed E-state index contributed by atoms with van der Waals surface area (Å²) >= 11 is 5.72. The molecule has 1 aliphatic rings. The fourth-order valence-electron chi connectivity index (χ4n) is 2.02. The maximum atomic E-state index is 13.6. The molecule has 2 atom stereocenters. The van der Waals surface area contributed by atoms with E-state index in [0.29, 0.717) is 24.5 Å². The Labute approximate surface area is 99.5 Å². The van der Waals surface area contributed by atoms with Crippen LogP contribution >= 0.6 is 11.6 Å². The predicted octanol–water partition coefficient (Wildman–Crippen LogP) is 2.39. The Kier molecular flexibility index (Phi) is 3.79. The van der Waals surface area contributed by atoms with Crippen molar-refractivity contribution in [3.05, 3.63) is 34.6 Å². The molecule has 1 fully saturated rings. The molecular weight excluding hydrogens is 229 g/mol. The lowest BCUT2D eigenvalue weighted by molar-refractivity contribution is 0.180. The van der Waals surface area contributed by atoms with Gasteiger partial charge in [0.05, 0.1) is 11.6 Å². The maximum absolute atomic E-state index is 13.6. The van der Waals surface area contributed by atoms with E-state index >= 15 is 0 Å². The molecule has 4 heteroatoms. The van der Waals surface area contributed by atoms with Crippen molar-refractivity contribution in [3.8, 4) is 0 Å². The summed E-state index contributed by atoms with van der Waals surface area (Å²) in [5, 5.41) is 0.160. The second-order valence-corrected chi connectivity index (χ2v) is 4.61. The first-order valence-electron chi connectivity index (χ1n) is 5.44. The summed E-state index contributed by atoms with van der Waals surface area (Å²) in [7, 11) is 0. The van der Waals surface area contributed by atoms with Crippen LogP contribution in [-0.2, 0) is 11.2 Å². The molecule has 1 aliphatic heterocycles.